The van der Waals surface area contributed by atoms with Crippen LogP contribution in [0.15, 0.2) is 24.3 Å². The predicted octanol–water partition coefficient (Wildman–Crippen LogP) is 1.44. The molecule has 1 aliphatic rings. The third-order valence-corrected chi connectivity index (χ3v) is 2.91. The first-order valence-corrected chi connectivity index (χ1v) is 6.41. The van der Waals surface area contributed by atoms with Crippen LogP contribution in [0.25, 0.3) is 0 Å². The summed E-state index contributed by atoms with van der Waals surface area (Å²) < 4.78 is 0. The summed E-state index contributed by atoms with van der Waals surface area (Å²) in [6, 6.07) is 8.51. The van der Waals surface area contributed by atoms with Gasteiger partial charge in [-0.05, 0) is 38.6 Å². The molecule has 98 valence electrons. The summed E-state index contributed by atoms with van der Waals surface area (Å²) in [4.78, 5) is 13.9. The van der Waals surface area contributed by atoms with Crippen LogP contribution in [0.4, 0.5) is 5.69 Å². The Morgan fingerprint density at radius 2 is 2.06 bits per heavy atom. The van der Waals surface area contributed by atoms with Crippen molar-refractivity contribution >= 4 is 11.6 Å². The molecular weight excluding hydrogens is 226 g/mol. The van der Waals surface area contributed by atoms with Gasteiger partial charge in [0.25, 0.3) is 0 Å². The molecule has 0 saturated heterocycles. The van der Waals surface area contributed by atoms with Crippen LogP contribution in [0.5, 0.6) is 0 Å². The maximum absolute atomic E-state index is 11.8. The van der Waals surface area contributed by atoms with Crippen molar-refractivity contribution in [3.05, 3.63) is 29.8 Å². The second-order valence-corrected chi connectivity index (χ2v) is 5.10. The summed E-state index contributed by atoms with van der Waals surface area (Å²) in [6.07, 6.45) is 2.40. The second-order valence-electron chi connectivity index (χ2n) is 5.10. The van der Waals surface area contributed by atoms with E-state index in [2.05, 4.69) is 15.5 Å². The van der Waals surface area contributed by atoms with Gasteiger partial charge >= 0.3 is 0 Å². The topological polar surface area (TPSA) is 44.4 Å². The number of nitrogens with one attached hydrogen (secondary N) is 2. The van der Waals surface area contributed by atoms with Crippen LogP contribution >= 0.6 is 0 Å². The van der Waals surface area contributed by atoms with E-state index in [1.807, 2.05) is 38.4 Å². The molecule has 1 aromatic carbocycles. The van der Waals surface area contributed by atoms with Gasteiger partial charge in [-0.25, -0.2) is 0 Å². The molecule has 0 spiro atoms. The Kier molecular flexibility index (Phi) is 4.33. The number of hydrogen-bond donors (Lipinski definition) is 2. The second kappa shape index (κ2) is 5.98. The van der Waals surface area contributed by atoms with Crippen LogP contribution in [-0.4, -0.2) is 37.5 Å². The number of anilines is 1. The van der Waals surface area contributed by atoms with Crippen molar-refractivity contribution in [2.45, 2.75) is 25.4 Å². The zero-order valence-electron chi connectivity index (χ0n) is 11.1. The molecular formula is C14H21N3O. The van der Waals surface area contributed by atoms with Crippen LogP contribution in [0.1, 0.15) is 18.4 Å². The van der Waals surface area contributed by atoms with Crippen LogP contribution in [-0.2, 0) is 11.3 Å². The number of nitrogens with zero attached hydrogens (tertiary/aromatic N) is 1. The van der Waals surface area contributed by atoms with Crippen molar-refractivity contribution in [1.29, 1.82) is 0 Å². The molecule has 1 aliphatic carbocycles. The van der Waals surface area contributed by atoms with Gasteiger partial charge in [0.15, 0.2) is 0 Å². The third kappa shape index (κ3) is 4.13. The van der Waals surface area contributed by atoms with E-state index in [1.54, 1.807) is 0 Å². The fourth-order valence-electron chi connectivity index (χ4n) is 1.84. The largest absolute Gasteiger partial charge is 0.325 e. The molecule has 2 rings (SSSR count). The van der Waals surface area contributed by atoms with Gasteiger partial charge in [-0.2, -0.15) is 0 Å². The normalized spacial score (nSPS) is 14.8. The summed E-state index contributed by atoms with van der Waals surface area (Å²) in [7, 11) is 4.04. The number of benzene rings is 1. The van der Waals surface area contributed by atoms with Gasteiger partial charge in [0.05, 0.1) is 6.54 Å². The molecule has 0 bridgehead atoms. The minimum Gasteiger partial charge on any atom is -0.325 e. The molecule has 0 aliphatic heterocycles. The molecule has 4 heteroatoms. The van der Waals surface area contributed by atoms with E-state index in [1.165, 1.54) is 12.8 Å². The van der Waals surface area contributed by atoms with Crippen molar-refractivity contribution in [1.82, 2.24) is 10.2 Å². The van der Waals surface area contributed by atoms with Crippen LogP contribution in [0.2, 0.25) is 0 Å². The molecule has 4 nitrogen and oxygen atoms in total. The van der Waals surface area contributed by atoms with E-state index < -0.39 is 0 Å². The smallest absolute Gasteiger partial charge is 0.238 e. The van der Waals surface area contributed by atoms with Gasteiger partial charge in [0.2, 0.25) is 5.91 Å². The standard InChI is InChI=1S/C14H21N3O/c1-17(2)10-11-5-3-4-6-13(11)16-14(18)9-15-12-7-8-12/h3-6,12,15H,7-10H2,1-2H3,(H,16,18). The Morgan fingerprint density at radius 1 is 1.33 bits per heavy atom. The van der Waals surface area contributed by atoms with Gasteiger partial charge in [0.1, 0.15) is 0 Å². The molecule has 0 radical (unpaired) electrons. The summed E-state index contributed by atoms with van der Waals surface area (Å²) >= 11 is 0. The van der Waals surface area contributed by atoms with Crippen molar-refractivity contribution in [2.24, 2.45) is 0 Å². The minimum absolute atomic E-state index is 0.0353. The Labute approximate surface area is 108 Å². The first-order chi connectivity index (χ1) is 8.65. The Hall–Kier alpha value is -1.39. The maximum Gasteiger partial charge on any atom is 0.238 e. The molecule has 1 saturated carbocycles. The monoisotopic (exact) mass is 247 g/mol. The van der Waals surface area contributed by atoms with E-state index in [0.29, 0.717) is 12.6 Å². The van der Waals surface area contributed by atoms with E-state index in [9.17, 15) is 4.79 Å². The highest BCUT2D eigenvalue weighted by atomic mass is 16.1. The fourth-order valence-corrected chi connectivity index (χ4v) is 1.84. The first-order valence-electron chi connectivity index (χ1n) is 6.41. The predicted molar refractivity (Wildman–Crippen MR) is 73.5 cm³/mol. The minimum atomic E-state index is 0.0353. The fraction of sp³-hybridized carbons (Fsp3) is 0.500. The van der Waals surface area contributed by atoms with E-state index in [0.717, 1.165) is 17.8 Å². The quantitative estimate of drug-likeness (QED) is 0.799. The van der Waals surface area contributed by atoms with E-state index in [4.69, 9.17) is 0 Å². The number of hydrogen-bond acceptors (Lipinski definition) is 3. The van der Waals surface area contributed by atoms with Gasteiger partial charge in [-0.3, -0.25) is 4.79 Å². The average Bonchev–Trinajstić information content (AvgIpc) is 3.12. The average molecular weight is 247 g/mol. The Morgan fingerprint density at radius 3 is 2.72 bits per heavy atom. The van der Waals surface area contributed by atoms with E-state index >= 15 is 0 Å². The van der Waals surface area contributed by atoms with Crippen molar-refractivity contribution in [3.8, 4) is 0 Å². The third-order valence-electron chi connectivity index (χ3n) is 2.91. The molecule has 0 aromatic heterocycles. The van der Waals surface area contributed by atoms with Gasteiger partial charge in [-0.1, -0.05) is 18.2 Å². The van der Waals surface area contributed by atoms with Gasteiger partial charge in [0, 0.05) is 18.3 Å². The van der Waals surface area contributed by atoms with E-state index in [-0.39, 0.29) is 5.91 Å². The van der Waals surface area contributed by atoms with Crippen molar-refractivity contribution in [2.75, 3.05) is 26.0 Å². The maximum atomic E-state index is 11.8. The highest BCUT2D eigenvalue weighted by molar-refractivity contribution is 5.93. The Bertz CT molecular complexity index is 413. The molecule has 2 N–H and O–H groups in total. The lowest BCUT2D eigenvalue weighted by atomic mass is 10.1. The summed E-state index contributed by atoms with van der Waals surface area (Å²) in [5.74, 6) is 0.0353. The van der Waals surface area contributed by atoms with Crippen LogP contribution < -0.4 is 10.6 Å². The molecule has 18 heavy (non-hydrogen) atoms. The molecule has 1 fully saturated rings. The molecule has 0 unspecified atom stereocenters. The van der Waals surface area contributed by atoms with Gasteiger partial charge in [-0.15, -0.1) is 0 Å². The summed E-state index contributed by atoms with van der Waals surface area (Å²) in [5.41, 5.74) is 2.05. The number of para-hydroxylation sites is 1. The highest BCUT2D eigenvalue weighted by Crippen LogP contribution is 2.19. The first kappa shape index (κ1) is 13.1. The molecule has 0 heterocycles. The van der Waals surface area contributed by atoms with Crippen LogP contribution in [0, 0.1) is 0 Å². The number of rotatable bonds is 6. The zero-order chi connectivity index (χ0) is 13.0. The summed E-state index contributed by atoms with van der Waals surface area (Å²) in [5, 5.41) is 6.19. The number of carbonyl (C=O) groups excluding carboxylic acids is 1. The zero-order valence-corrected chi connectivity index (χ0v) is 11.1. The highest BCUT2D eigenvalue weighted by Gasteiger charge is 2.21. The molecule has 0 atom stereocenters. The number of carbonyl (C=O) groups is 1. The number of amides is 1. The molecule has 1 amide bonds. The SMILES string of the molecule is CN(C)Cc1ccccc1NC(=O)CNC1CC1. The molecule has 1 aromatic rings. The van der Waals surface area contributed by atoms with Crippen LogP contribution in [0.3, 0.4) is 0 Å². The lowest BCUT2D eigenvalue weighted by molar-refractivity contribution is -0.115. The lowest BCUT2D eigenvalue weighted by Gasteiger charge is -2.15. The van der Waals surface area contributed by atoms with Crippen molar-refractivity contribution < 1.29 is 4.79 Å². The lowest BCUT2D eigenvalue weighted by Crippen LogP contribution is -2.30. The van der Waals surface area contributed by atoms with Gasteiger partial charge < -0.3 is 15.5 Å². The summed E-state index contributed by atoms with van der Waals surface area (Å²) in [6.45, 7) is 1.23. The van der Waals surface area contributed by atoms with Crippen molar-refractivity contribution in [3.63, 3.8) is 0 Å². The Balaban J connectivity index is 1.91.